The Morgan fingerprint density at radius 3 is 2.66 bits per heavy atom. The predicted molar refractivity (Wildman–Crippen MR) is 136 cm³/mol. The molecule has 0 radical (unpaired) electrons. The van der Waals surface area contributed by atoms with Crippen LogP contribution in [-0.2, 0) is 17.9 Å². The highest BCUT2D eigenvalue weighted by Gasteiger charge is 2.35. The van der Waals surface area contributed by atoms with Gasteiger partial charge in [0, 0.05) is 0 Å². The van der Waals surface area contributed by atoms with Crippen LogP contribution in [0.2, 0.25) is 5.02 Å². The molecule has 1 saturated heterocycles. The third kappa shape index (κ3) is 5.51. The number of aryl methyl sites for hydroxylation is 1. The van der Waals surface area contributed by atoms with Crippen LogP contribution in [-0.4, -0.2) is 23.2 Å². The predicted octanol–water partition coefficient (Wildman–Crippen LogP) is 6.34. The van der Waals surface area contributed by atoms with E-state index in [9.17, 15) is 14.9 Å². The van der Waals surface area contributed by atoms with Gasteiger partial charge in [-0.05, 0) is 59.7 Å². The van der Waals surface area contributed by atoms with Crippen LogP contribution in [0.25, 0.3) is 6.08 Å². The Balaban J connectivity index is 1.55. The molecule has 0 atom stereocenters. The minimum Gasteiger partial charge on any atom is -0.493 e. The lowest BCUT2D eigenvalue weighted by molar-refractivity contribution is -0.123. The van der Waals surface area contributed by atoms with Gasteiger partial charge >= 0.3 is 0 Å². The summed E-state index contributed by atoms with van der Waals surface area (Å²) in [5, 5.41) is 9.22. The van der Waals surface area contributed by atoms with Crippen LogP contribution in [0, 0.1) is 18.3 Å². The van der Waals surface area contributed by atoms with Crippen LogP contribution < -0.4 is 9.47 Å². The molecule has 3 aromatic carbocycles. The van der Waals surface area contributed by atoms with Crippen molar-refractivity contribution >= 4 is 40.6 Å². The van der Waals surface area contributed by atoms with Crippen molar-refractivity contribution in [2.24, 2.45) is 0 Å². The molecule has 4 rings (SSSR count). The molecule has 1 aliphatic rings. The van der Waals surface area contributed by atoms with E-state index in [4.69, 9.17) is 21.1 Å². The number of imide groups is 1. The summed E-state index contributed by atoms with van der Waals surface area (Å²) in [6.45, 7) is 2.36. The monoisotopic (exact) mass is 504 g/mol. The fraction of sp³-hybridized carbons (Fsp3) is 0.148. The quantitative estimate of drug-likeness (QED) is 0.349. The highest BCUT2D eigenvalue weighted by atomic mass is 35.5. The zero-order chi connectivity index (χ0) is 24.9. The zero-order valence-electron chi connectivity index (χ0n) is 19.1. The van der Waals surface area contributed by atoms with Crippen molar-refractivity contribution in [2.75, 3.05) is 7.11 Å². The largest absolute Gasteiger partial charge is 0.493 e. The summed E-state index contributed by atoms with van der Waals surface area (Å²) in [4.78, 5) is 26.9. The van der Waals surface area contributed by atoms with E-state index in [1.807, 2.05) is 31.2 Å². The van der Waals surface area contributed by atoms with Crippen molar-refractivity contribution in [3.8, 4) is 17.6 Å². The third-order valence-electron chi connectivity index (χ3n) is 5.36. The van der Waals surface area contributed by atoms with Gasteiger partial charge in [0.25, 0.3) is 11.1 Å². The molecule has 2 amide bonds. The third-order valence-corrected chi connectivity index (χ3v) is 6.54. The molecule has 0 bridgehead atoms. The van der Waals surface area contributed by atoms with Crippen LogP contribution in [0.5, 0.6) is 11.5 Å². The molecule has 0 N–H and O–H groups in total. The average Bonchev–Trinajstić information content (AvgIpc) is 3.10. The number of thioether (sulfide) groups is 1. The number of hydrogen-bond acceptors (Lipinski definition) is 6. The van der Waals surface area contributed by atoms with Crippen LogP contribution in [0.3, 0.4) is 0 Å². The second-order valence-electron chi connectivity index (χ2n) is 7.85. The second kappa shape index (κ2) is 10.7. The number of ether oxygens (including phenoxy) is 2. The lowest BCUT2D eigenvalue weighted by atomic mass is 10.1. The first kappa shape index (κ1) is 24.4. The number of nitriles is 1. The van der Waals surface area contributed by atoms with Gasteiger partial charge in [0.2, 0.25) is 0 Å². The fourth-order valence-electron chi connectivity index (χ4n) is 3.65. The number of amides is 2. The minimum absolute atomic E-state index is 0.0293. The van der Waals surface area contributed by atoms with Gasteiger partial charge in [-0.25, -0.2) is 0 Å². The number of benzene rings is 3. The van der Waals surface area contributed by atoms with Crippen molar-refractivity contribution in [2.45, 2.75) is 20.1 Å². The first-order valence-corrected chi connectivity index (χ1v) is 11.9. The number of rotatable bonds is 7. The molecule has 8 heteroatoms. The van der Waals surface area contributed by atoms with Crippen LogP contribution in [0.4, 0.5) is 4.79 Å². The Labute approximate surface area is 212 Å². The lowest BCUT2D eigenvalue weighted by Crippen LogP contribution is -2.27. The van der Waals surface area contributed by atoms with E-state index in [0.29, 0.717) is 39.8 Å². The fourth-order valence-corrected chi connectivity index (χ4v) is 4.76. The van der Waals surface area contributed by atoms with E-state index in [1.54, 1.807) is 42.5 Å². The Morgan fingerprint density at radius 2 is 1.91 bits per heavy atom. The number of methoxy groups -OCH3 is 1. The van der Waals surface area contributed by atoms with E-state index in [2.05, 4.69) is 6.07 Å². The smallest absolute Gasteiger partial charge is 0.293 e. The summed E-state index contributed by atoms with van der Waals surface area (Å²) in [5.74, 6) is 0.384. The van der Waals surface area contributed by atoms with E-state index in [0.717, 1.165) is 27.8 Å². The van der Waals surface area contributed by atoms with Gasteiger partial charge in [-0.1, -0.05) is 59.6 Å². The van der Waals surface area contributed by atoms with Crippen LogP contribution in [0.15, 0.2) is 65.6 Å². The summed E-state index contributed by atoms with van der Waals surface area (Å²) >= 11 is 7.34. The van der Waals surface area contributed by atoms with Crippen molar-refractivity contribution < 1.29 is 19.1 Å². The normalized spacial score (nSPS) is 14.3. The molecule has 1 heterocycles. The topological polar surface area (TPSA) is 79.6 Å². The Kier molecular flexibility index (Phi) is 7.45. The second-order valence-corrected chi connectivity index (χ2v) is 9.25. The van der Waals surface area contributed by atoms with Gasteiger partial charge in [-0.3, -0.25) is 14.5 Å². The molecule has 0 unspecified atom stereocenters. The zero-order valence-corrected chi connectivity index (χ0v) is 20.7. The Morgan fingerprint density at radius 1 is 1.11 bits per heavy atom. The van der Waals surface area contributed by atoms with E-state index >= 15 is 0 Å². The molecule has 1 fully saturated rings. The first-order valence-electron chi connectivity index (χ1n) is 10.7. The van der Waals surface area contributed by atoms with Gasteiger partial charge in [-0.2, -0.15) is 5.26 Å². The number of carbonyl (C=O) groups excluding carboxylic acids is 2. The van der Waals surface area contributed by atoms with Gasteiger partial charge in [0.15, 0.2) is 11.5 Å². The molecule has 3 aromatic rings. The molecule has 0 aromatic heterocycles. The number of halogens is 1. The molecule has 1 aliphatic heterocycles. The molecule has 6 nitrogen and oxygen atoms in total. The summed E-state index contributed by atoms with van der Waals surface area (Å²) < 4.78 is 11.4. The van der Waals surface area contributed by atoms with Gasteiger partial charge in [0.05, 0.1) is 35.2 Å². The standard InChI is InChI=1S/C27H21ClN2O4S/c1-17-6-5-7-18(10-17)16-34-25-22(28)11-19(12-23(25)33-2)13-24-26(31)30(27(32)35-24)15-21-9-4-3-8-20(21)14-29/h3-13H,15-16H2,1-2H3/b24-13+. The summed E-state index contributed by atoms with van der Waals surface area (Å²) in [6.07, 6.45) is 1.60. The van der Waals surface area contributed by atoms with E-state index in [1.165, 1.54) is 7.11 Å². The van der Waals surface area contributed by atoms with Crippen LogP contribution in [0.1, 0.15) is 27.8 Å². The van der Waals surface area contributed by atoms with Crippen LogP contribution >= 0.6 is 23.4 Å². The first-order chi connectivity index (χ1) is 16.9. The van der Waals surface area contributed by atoms with E-state index < -0.39 is 11.1 Å². The maximum absolute atomic E-state index is 13.0. The van der Waals surface area contributed by atoms with Crippen molar-refractivity contribution in [3.63, 3.8) is 0 Å². The number of hydrogen-bond donors (Lipinski definition) is 0. The Hall–Kier alpha value is -3.73. The van der Waals surface area contributed by atoms with E-state index in [-0.39, 0.29) is 11.4 Å². The summed E-state index contributed by atoms with van der Waals surface area (Å²) in [5.41, 5.74) is 3.76. The SMILES string of the molecule is COc1cc(/C=C2/SC(=O)N(Cc3ccccc3C#N)C2=O)cc(Cl)c1OCc1cccc(C)c1. The molecule has 35 heavy (non-hydrogen) atoms. The van der Waals surface area contributed by atoms with Crippen molar-refractivity contribution in [1.82, 2.24) is 4.90 Å². The number of carbonyl (C=O) groups is 2. The maximum atomic E-state index is 13.0. The van der Waals surface area contributed by atoms with Crippen molar-refractivity contribution in [3.05, 3.63) is 98.4 Å². The molecule has 0 aliphatic carbocycles. The molecule has 176 valence electrons. The summed E-state index contributed by atoms with van der Waals surface area (Å²) in [6, 6.07) is 20.3. The number of nitrogens with zero attached hydrogens (tertiary/aromatic N) is 2. The molecular formula is C27H21ClN2O4S. The average molecular weight is 505 g/mol. The maximum Gasteiger partial charge on any atom is 0.293 e. The highest BCUT2D eigenvalue weighted by Crippen LogP contribution is 2.39. The summed E-state index contributed by atoms with van der Waals surface area (Å²) in [7, 11) is 1.51. The Bertz CT molecular complexity index is 1380. The molecule has 0 saturated carbocycles. The highest BCUT2D eigenvalue weighted by molar-refractivity contribution is 8.18. The molecule has 0 spiro atoms. The minimum atomic E-state index is -0.428. The van der Waals surface area contributed by atoms with Gasteiger partial charge in [-0.15, -0.1) is 0 Å². The van der Waals surface area contributed by atoms with Gasteiger partial charge in [0.1, 0.15) is 6.61 Å². The molecular weight excluding hydrogens is 484 g/mol. The lowest BCUT2D eigenvalue weighted by Gasteiger charge is -2.14. The van der Waals surface area contributed by atoms with Crippen molar-refractivity contribution in [1.29, 1.82) is 5.26 Å². The van der Waals surface area contributed by atoms with Gasteiger partial charge < -0.3 is 9.47 Å².